The van der Waals surface area contributed by atoms with E-state index in [2.05, 4.69) is 293 Å². The van der Waals surface area contributed by atoms with Crippen molar-refractivity contribution in [2.45, 2.75) is 124 Å². The van der Waals surface area contributed by atoms with Crippen molar-refractivity contribution in [3.8, 4) is 33.5 Å². The molecule has 0 saturated heterocycles. The van der Waals surface area contributed by atoms with Gasteiger partial charge >= 0.3 is 6.85 Å². The van der Waals surface area contributed by atoms with E-state index in [1.54, 1.807) is 0 Å². The maximum Gasteiger partial charge on any atom is 0.333 e. The smallest absolute Gasteiger partial charge is 0.333 e. The first kappa shape index (κ1) is 50.6. The summed E-state index contributed by atoms with van der Waals surface area (Å²) in [7, 11) is 0. The van der Waals surface area contributed by atoms with Gasteiger partial charge in [-0.1, -0.05) is 218 Å². The molecule has 11 aromatic rings. The molecule has 2 aromatic heterocycles. The van der Waals surface area contributed by atoms with Crippen molar-refractivity contribution in [1.29, 1.82) is 0 Å². The molecule has 14 rings (SSSR count). The van der Waals surface area contributed by atoms with Gasteiger partial charge in [-0.2, -0.15) is 0 Å². The molecule has 4 heterocycles. The lowest BCUT2D eigenvalue weighted by molar-refractivity contribution is 0.590. The first-order valence-corrected chi connectivity index (χ1v) is 29.8. The number of rotatable bonds is 5. The molecule has 0 bridgehead atoms. The molecular weight excluding hydrogens is 986 g/mol. The van der Waals surface area contributed by atoms with E-state index in [4.69, 9.17) is 0 Å². The average molecular weight is 1060 g/mol. The maximum absolute atomic E-state index is 2.85. The lowest BCUT2D eigenvalue weighted by atomic mass is 9.44. The Morgan fingerprint density at radius 2 is 1.05 bits per heavy atom. The second kappa shape index (κ2) is 17.2. The average Bonchev–Trinajstić information content (AvgIpc) is 3.19. The molecule has 0 amide bonds. The normalized spacial score (nSPS) is 14.4. The fourth-order valence-corrected chi connectivity index (χ4v) is 15.1. The van der Waals surface area contributed by atoms with Crippen LogP contribution in [0, 0.1) is 0 Å². The standard InChI is InChI=1S/C75H72BN3S/c1-71(2,3)46-28-34-50(35-29-46)77(51-36-30-47(31-37-51)72(4,5)6)60-41-38-54-64-67-62(44-56-52-24-19-21-27-63(52)80-70(56)64)78(59-40-33-48(73(7,8)9)42-55(59)45-22-16-15-17-23-45)61-43-49(74(10,11)12)32-39-58(61)76(67)79-68(54)65(60)66-69(79)53-25-18-20-26-57(53)75(66,13)14/h15-44H,1-14H3. The molecule has 0 fully saturated rings. The third kappa shape index (κ3) is 7.45. The minimum Gasteiger partial charge on any atom is -0.375 e. The molecule has 0 N–H and O–H groups in total. The second-order valence-electron chi connectivity index (χ2n) is 27.8. The van der Waals surface area contributed by atoms with Crippen molar-refractivity contribution in [3.05, 3.63) is 215 Å². The number of anilines is 6. The van der Waals surface area contributed by atoms with Gasteiger partial charge in [-0.05, 0) is 132 Å². The summed E-state index contributed by atoms with van der Waals surface area (Å²) < 4.78 is 5.51. The van der Waals surface area contributed by atoms with E-state index in [0.717, 1.165) is 11.4 Å². The van der Waals surface area contributed by atoms with E-state index < -0.39 is 0 Å². The summed E-state index contributed by atoms with van der Waals surface area (Å²) in [6.45, 7) is 32.8. The number of benzene rings is 9. The second-order valence-corrected chi connectivity index (χ2v) is 28.9. The Labute approximate surface area is 478 Å². The molecule has 0 atom stereocenters. The predicted octanol–water partition coefficient (Wildman–Crippen LogP) is 20.1. The number of hydrogen-bond donors (Lipinski definition) is 0. The van der Waals surface area contributed by atoms with Crippen LogP contribution in [0.3, 0.4) is 0 Å². The van der Waals surface area contributed by atoms with E-state index in [-0.39, 0.29) is 33.9 Å². The van der Waals surface area contributed by atoms with E-state index in [9.17, 15) is 0 Å². The molecule has 0 radical (unpaired) electrons. The summed E-state index contributed by atoms with van der Waals surface area (Å²) in [5.74, 6) is 0. The molecule has 396 valence electrons. The zero-order valence-corrected chi connectivity index (χ0v) is 50.0. The van der Waals surface area contributed by atoms with Crippen LogP contribution in [0.1, 0.15) is 130 Å². The van der Waals surface area contributed by atoms with Gasteiger partial charge in [-0.3, -0.25) is 0 Å². The molecular formula is C75H72BN3S. The van der Waals surface area contributed by atoms with Gasteiger partial charge < -0.3 is 14.3 Å². The zero-order chi connectivity index (χ0) is 55.7. The fourth-order valence-electron chi connectivity index (χ4n) is 13.8. The van der Waals surface area contributed by atoms with E-state index >= 15 is 0 Å². The third-order valence-corrected chi connectivity index (χ3v) is 19.4. The lowest BCUT2D eigenvalue weighted by Gasteiger charge is -2.42. The molecule has 2 aliphatic heterocycles. The zero-order valence-electron chi connectivity index (χ0n) is 49.1. The van der Waals surface area contributed by atoms with E-state index in [1.807, 2.05) is 11.3 Å². The summed E-state index contributed by atoms with van der Waals surface area (Å²) in [6, 6.07) is 70.8. The van der Waals surface area contributed by atoms with Gasteiger partial charge in [0.05, 0.1) is 11.4 Å². The predicted molar refractivity (Wildman–Crippen MR) is 348 cm³/mol. The van der Waals surface area contributed by atoms with Crippen LogP contribution in [0.5, 0.6) is 0 Å². The van der Waals surface area contributed by atoms with Crippen molar-refractivity contribution < 1.29 is 0 Å². The van der Waals surface area contributed by atoms with Crippen LogP contribution < -0.4 is 20.7 Å². The Balaban J connectivity index is 1.16. The minimum absolute atomic E-state index is 0.0140. The summed E-state index contributed by atoms with van der Waals surface area (Å²) >= 11 is 1.96. The quantitative estimate of drug-likeness (QED) is 0.159. The number of hydrogen-bond acceptors (Lipinski definition) is 3. The van der Waals surface area contributed by atoms with Crippen LogP contribution in [-0.2, 0) is 27.1 Å². The highest BCUT2D eigenvalue weighted by Gasteiger charge is 2.50. The molecule has 80 heavy (non-hydrogen) atoms. The van der Waals surface area contributed by atoms with Crippen molar-refractivity contribution >= 4 is 94.3 Å². The van der Waals surface area contributed by atoms with Gasteiger partial charge in [0, 0.05) is 87.2 Å². The van der Waals surface area contributed by atoms with Crippen molar-refractivity contribution in [2.75, 3.05) is 9.80 Å². The van der Waals surface area contributed by atoms with Gasteiger partial charge in [0.1, 0.15) is 0 Å². The fraction of sp³-hybridized carbons (Fsp3) is 0.253. The number of aromatic nitrogens is 1. The van der Waals surface area contributed by atoms with E-state index in [1.165, 1.54) is 132 Å². The van der Waals surface area contributed by atoms with Crippen LogP contribution in [0.25, 0.3) is 64.6 Å². The molecule has 1 aliphatic carbocycles. The van der Waals surface area contributed by atoms with Crippen LogP contribution >= 0.6 is 11.3 Å². The Morgan fingerprint density at radius 1 is 0.475 bits per heavy atom. The van der Waals surface area contributed by atoms with Gasteiger partial charge in [0.15, 0.2) is 0 Å². The summed E-state index contributed by atoms with van der Waals surface area (Å²) in [5.41, 5.74) is 26.5. The van der Waals surface area contributed by atoms with Crippen LogP contribution in [0.15, 0.2) is 182 Å². The molecule has 9 aromatic carbocycles. The topological polar surface area (TPSA) is 11.4 Å². The lowest BCUT2D eigenvalue weighted by Crippen LogP contribution is -2.57. The Morgan fingerprint density at radius 3 is 1.70 bits per heavy atom. The van der Waals surface area contributed by atoms with Gasteiger partial charge in [0.2, 0.25) is 0 Å². The highest BCUT2D eigenvalue weighted by Crippen LogP contribution is 2.60. The van der Waals surface area contributed by atoms with Crippen LogP contribution in [-0.4, -0.2) is 11.3 Å². The number of fused-ring (bicyclic) bond motifs is 13. The van der Waals surface area contributed by atoms with Gasteiger partial charge in [-0.15, -0.1) is 11.3 Å². The van der Waals surface area contributed by atoms with Crippen molar-refractivity contribution in [3.63, 3.8) is 0 Å². The highest BCUT2D eigenvalue weighted by molar-refractivity contribution is 7.26. The van der Waals surface area contributed by atoms with Gasteiger partial charge in [-0.25, -0.2) is 0 Å². The molecule has 0 spiro atoms. The number of thiophene rings is 1. The highest BCUT2D eigenvalue weighted by atomic mass is 32.1. The molecule has 5 heteroatoms. The first-order valence-electron chi connectivity index (χ1n) is 29.0. The van der Waals surface area contributed by atoms with Gasteiger partial charge in [0.25, 0.3) is 0 Å². The largest absolute Gasteiger partial charge is 0.375 e. The molecule has 3 nitrogen and oxygen atoms in total. The maximum atomic E-state index is 2.85. The molecule has 0 unspecified atom stereocenters. The monoisotopic (exact) mass is 1060 g/mol. The van der Waals surface area contributed by atoms with Crippen LogP contribution in [0.4, 0.5) is 34.1 Å². The molecule has 3 aliphatic rings. The Hall–Kier alpha value is -7.60. The van der Waals surface area contributed by atoms with Crippen molar-refractivity contribution in [1.82, 2.24) is 4.48 Å². The third-order valence-electron chi connectivity index (χ3n) is 18.2. The minimum atomic E-state index is -0.327. The Bertz CT molecular complexity index is 4290. The summed E-state index contributed by atoms with van der Waals surface area (Å²) in [6.07, 6.45) is 0. The number of nitrogens with zero attached hydrogens (tertiary/aromatic N) is 3. The van der Waals surface area contributed by atoms with Crippen molar-refractivity contribution in [2.24, 2.45) is 0 Å². The SMILES string of the molecule is CC(C)(C)c1ccc(N(c2ccc(C(C)(C)C)cc2)c2ccc3c4c2c2c(n4B4c5ccc(C(C)(C)C)cc5N(c5ccc(C(C)(C)C)cc5-c5ccccc5)c5cc6c(sc7ccccc76)c-3c54)-c3ccccc3C2(C)C)cc1. The Kier molecular flexibility index (Phi) is 10.9. The first-order chi connectivity index (χ1) is 38.0. The summed E-state index contributed by atoms with van der Waals surface area (Å²) in [5, 5.41) is 3.93. The molecule has 0 saturated carbocycles. The van der Waals surface area contributed by atoms with E-state index in [0.29, 0.717) is 0 Å². The van der Waals surface area contributed by atoms with Crippen LogP contribution in [0.2, 0.25) is 0 Å². The summed E-state index contributed by atoms with van der Waals surface area (Å²) in [4.78, 5) is 5.25.